The fourth-order valence-electron chi connectivity index (χ4n) is 2.31. The van der Waals surface area contributed by atoms with Gasteiger partial charge < -0.3 is 20.3 Å². The molecule has 0 saturated carbocycles. The van der Waals surface area contributed by atoms with Crippen LogP contribution in [0.3, 0.4) is 0 Å². The highest BCUT2D eigenvalue weighted by Gasteiger charge is 2.09. The summed E-state index contributed by atoms with van der Waals surface area (Å²) in [6, 6.07) is 14.7. The van der Waals surface area contributed by atoms with Gasteiger partial charge in [-0.05, 0) is 24.3 Å². The van der Waals surface area contributed by atoms with Crippen LogP contribution in [0.5, 0.6) is 0 Å². The van der Waals surface area contributed by atoms with Crippen molar-refractivity contribution < 1.29 is 14.1 Å². The van der Waals surface area contributed by atoms with Crippen LogP contribution < -0.4 is 11.1 Å². The molecular weight excluding hydrogens is 377 g/mol. The van der Waals surface area contributed by atoms with E-state index < -0.39 is 6.09 Å². The highest BCUT2D eigenvalue weighted by atomic mass is 35.5. The van der Waals surface area contributed by atoms with E-state index in [0.29, 0.717) is 28.0 Å². The Morgan fingerprint density at radius 3 is 2.50 bits per heavy atom. The number of carbonyl (C=O) groups excluding carboxylic acids is 1. The van der Waals surface area contributed by atoms with Crippen LogP contribution in [-0.4, -0.2) is 11.2 Å². The first-order valence-corrected chi connectivity index (χ1v) is 8.43. The number of nitrogens with zero attached hydrogens (tertiary/aromatic N) is 1. The summed E-state index contributed by atoms with van der Waals surface area (Å²) >= 11 is 12.3. The second-order valence-electron chi connectivity index (χ2n) is 5.42. The van der Waals surface area contributed by atoms with E-state index in [1.807, 2.05) is 30.3 Å². The smallest absolute Gasteiger partial charge is 0.404 e. The Morgan fingerprint density at radius 1 is 1.15 bits per heavy atom. The largest absolute Gasteiger partial charge is 0.441 e. The minimum absolute atomic E-state index is 0.0550. The molecule has 1 amide bonds. The SMILES string of the molecule is NC(=O)OCc1cc(-c2ccc(NCc3c(Cl)cccc3Cl)cc2)no1. The zero-order valence-electron chi connectivity index (χ0n) is 13.5. The van der Waals surface area contributed by atoms with Gasteiger partial charge in [0.1, 0.15) is 5.69 Å². The number of hydrogen-bond acceptors (Lipinski definition) is 5. The van der Waals surface area contributed by atoms with Crippen LogP contribution in [0.15, 0.2) is 53.1 Å². The van der Waals surface area contributed by atoms with E-state index in [1.54, 1.807) is 18.2 Å². The fraction of sp³-hybridized carbons (Fsp3) is 0.111. The van der Waals surface area contributed by atoms with Crippen molar-refractivity contribution in [3.05, 3.63) is 69.9 Å². The van der Waals surface area contributed by atoms with E-state index in [1.165, 1.54) is 0 Å². The summed E-state index contributed by atoms with van der Waals surface area (Å²) in [5, 5.41) is 8.46. The number of amides is 1. The van der Waals surface area contributed by atoms with Crippen LogP contribution >= 0.6 is 23.2 Å². The summed E-state index contributed by atoms with van der Waals surface area (Å²) in [6.07, 6.45) is -0.864. The average Bonchev–Trinajstić information content (AvgIpc) is 3.09. The molecule has 0 bridgehead atoms. The lowest BCUT2D eigenvalue weighted by Crippen LogP contribution is -2.12. The van der Waals surface area contributed by atoms with Crippen molar-refractivity contribution in [3.8, 4) is 11.3 Å². The molecule has 0 aliphatic heterocycles. The van der Waals surface area contributed by atoms with Crippen molar-refractivity contribution >= 4 is 35.0 Å². The molecule has 0 aliphatic rings. The van der Waals surface area contributed by atoms with Crippen molar-refractivity contribution in [1.29, 1.82) is 0 Å². The summed E-state index contributed by atoms with van der Waals surface area (Å²) in [4.78, 5) is 10.6. The highest BCUT2D eigenvalue weighted by molar-refractivity contribution is 6.36. The van der Waals surface area contributed by atoms with Crippen molar-refractivity contribution in [2.75, 3.05) is 5.32 Å². The molecule has 3 rings (SSSR count). The van der Waals surface area contributed by atoms with Gasteiger partial charge in [-0.2, -0.15) is 0 Å². The molecular formula is C18H15Cl2N3O3. The van der Waals surface area contributed by atoms with Crippen LogP contribution in [0, 0.1) is 0 Å². The third-order valence-electron chi connectivity index (χ3n) is 3.63. The molecule has 1 heterocycles. The van der Waals surface area contributed by atoms with E-state index >= 15 is 0 Å². The van der Waals surface area contributed by atoms with Gasteiger partial charge in [-0.15, -0.1) is 0 Å². The van der Waals surface area contributed by atoms with Crippen LogP contribution in [0.4, 0.5) is 10.5 Å². The number of halogens is 2. The number of hydrogen-bond donors (Lipinski definition) is 2. The minimum Gasteiger partial charge on any atom is -0.441 e. The Balaban J connectivity index is 1.64. The first-order valence-electron chi connectivity index (χ1n) is 7.68. The zero-order chi connectivity index (χ0) is 18.5. The monoisotopic (exact) mass is 391 g/mol. The number of anilines is 1. The Kier molecular flexibility index (Phi) is 5.65. The first-order chi connectivity index (χ1) is 12.5. The minimum atomic E-state index is -0.864. The van der Waals surface area contributed by atoms with Gasteiger partial charge in [0.05, 0.1) is 0 Å². The molecule has 0 unspecified atom stereocenters. The van der Waals surface area contributed by atoms with Gasteiger partial charge in [0, 0.05) is 39.5 Å². The van der Waals surface area contributed by atoms with Crippen molar-refractivity contribution in [3.63, 3.8) is 0 Å². The Bertz CT molecular complexity index is 890. The van der Waals surface area contributed by atoms with Gasteiger partial charge in [0.25, 0.3) is 0 Å². The molecule has 3 N–H and O–H groups in total. The van der Waals surface area contributed by atoms with Gasteiger partial charge in [-0.1, -0.05) is 46.6 Å². The number of primary amides is 1. The third kappa shape index (κ3) is 4.47. The average molecular weight is 392 g/mol. The second kappa shape index (κ2) is 8.12. The standard InChI is InChI=1S/C18H15Cl2N3O3/c19-15-2-1-3-16(20)14(15)9-22-12-6-4-11(5-7-12)17-8-13(26-23-17)10-25-18(21)24/h1-8,22H,9-10H2,(H2,21,24). The normalized spacial score (nSPS) is 10.5. The van der Waals surface area contributed by atoms with Crippen LogP contribution in [0.25, 0.3) is 11.3 Å². The Labute approximate surface area is 159 Å². The van der Waals surface area contributed by atoms with Crippen molar-refractivity contribution in [2.45, 2.75) is 13.2 Å². The maximum Gasteiger partial charge on any atom is 0.404 e. The number of nitrogens with one attached hydrogen (secondary N) is 1. The number of aromatic nitrogens is 1. The van der Waals surface area contributed by atoms with E-state index in [9.17, 15) is 4.79 Å². The molecule has 0 saturated heterocycles. The second-order valence-corrected chi connectivity index (χ2v) is 6.23. The first kappa shape index (κ1) is 18.1. The fourth-order valence-corrected chi connectivity index (χ4v) is 2.84. The topological polar surface area (TPSA) is 90.4 Å². The maximum absolute atomic E-state index is 10.6. The molecule has 0 fully saturated rings. The molecule has 6 nitrogen and oxygen atoms in total. The molecule has 3 aromatic rings. The van der Waals surface area contributed by atoms with Gasteiger partial charge in [0.2, 0.25) is 0 Å². The Morgan fingerprint density at radius 2 is 1.85 bits per heavy atom. The molecule has 2 aromatic carbocycles. The molecule has 0 atom stereocenters. The molecule has 26 heavy (non-hydrogen) atoms. The van der Waals surface area contributed by atoms with Crippen LogP contribution in [-0.2, 0) is 17.9 Å². The summed E-state index contributed by atoms with van der Waals surface area (Å²) in [7, 11) is 0. The van der Waals surface area contributed by atoms with E-state index in [2.05, 4.69) is 15.2 Å². The van der Waals surface area contributed by atoms with E-state index in [4.69, 9.17) is 33.5 Å². The maximum atomic E-state index is 10.6. The third-order valence-corrected chi connectivity index (χ3v) is 4.34. The van der Waals surface area contributed by atoms with Crippen molar-refractivity contribution in [2.24, 2.45) is 5.73 Å². The number of rotatable bonds is 6. The zero-order valence-corrected chi connectivity index (χ0v) is 15.1. The summed E-state index contributed by atoms with van der Waals surface area (Å²) in [6.45, 7) is 0.455. The summed E-state index contributed by atoms with van der Waals surface area (Å²) in [5.74, 6) is 0.411. The summed E-state index contributed by atoms with van der Waals surface area (Å²) < 4.78 is 9.77. The number of nitrogens with two attached hydrogens (primary N) is 1. The predicted molar refractivity (Wildman–Crippen MR) is 100 cm³/mol. The van der Waals surface area contributed by atoms with Gasteiger partial charge in [-0.25, -0.2) is 4.79 Å². The van der Waals surface area contributed by atoms with Gasteiger partial charge >= 0.3 is 6.09 Å². The lowest BCUT2D eigenvalue weighted by molar-refractivity contribution is 0.137. The predicted octanol–water partition coefficient (Wildman–Crippen LogP) is 4.86. The van der Waals surface area contributed by atoms with E-state index in [0.717, 1.165) is 16.8 Å². The molecule has 0 radical (unpaired) electrons. The lowest BCUT2D eigenvalue weighted by Gasteiger charge is -2.10. The number of ether oxygens (including phenoxy) is 1. The molecule has 1 aromatic heterocycles. The molecule has 0 spiro atoms. The van der Waals surface area contributed by atoms with Gasteiger partial charge in [0.15, 0.2) is 12.4 Å². The molecule has 134 valence electrons. The van der Waals surface area contributed by atoms with Crippen molar-refractivity contribution in [1.82, 2.24) is 5.16 Å². The quantitative estimate of drug-likeness (QED) is 0.626. The summed E-state index contributed by atoms with van der Waals surface area (Å²) in [5.41, 5.74) is 8.16. The van der Waals surface area contributed by atoms with Crippen LogP contribution in [0.1, 0.15) is 11.3 Å². The van der Waals surface area contributed by atoms with E-state index in [-0.39, 0.29) is 6.61 Å². The number of benzene rings is 2. The van der Waals surface area contributed by atoms with Crippen LogP contribution in [0.2, 0.25) is 10.0 Å². The Hall–Kier alpha value is -2.70. The number of carbonyl (C=O) groups is 1. The highest BCUT2D eigenvalue weighted by Crippen LogP contribution is 2.26. The van der Waals surface area contributed by atoms with Gasteiger partial charge in [-0.3, -0.25) is 0 Å². The molecule has 0 aliphatic carbocycles. The molecule has 8 heteroatoms. The lowest BCUT2D eigenvalue weighted by atomic mass is 10.1.